The standard InChI is InChI=1S/C21H19BrN4O5S/c1-11-5-7-13(8-6-11)19-18(12(2)31-23-19)20(27)24-32(29,30)17-10-16-15(9-14(17)22)25(3)21(28)26(16)4/h5-10H,1-4H3,(H,24,27). The van der Waals surface area contributed by atoms with E-state index in [1.54, 1.807) is 26.2 Å². The van der Waals surface area contributed by atoms with Gasteiger partial charge in [-0.25, -0.2) is 17.9 Å². The van der Waals surface area contributed by atoms with Crippen molar-refractivity contribution in [1.82, 2.24) is 19.0 Å². The predicted octanol–water partition coefficient (Wildman–Crippen LogP) is 3.03. The van der Waals surface area contributed by atoms with Gasteiger partial charge in [0.05, 0.1) is 11.0 Å². The summed E-state index contributed by atoms with van der Waals surface area (Å²) in [5.41, 5.74) is 2.58. The number of nitrogens with one attached hydrogen (secondary N) is 1. The van der Waals surface area contributed by atoms with E-state index in [4.69, 9.17) is 4.52 Å². The van der Waals surface area contributed by atoms with Crippen molar-refractivity contribution >= 4 is 42.9 Å². The summed E-state index contributed by atoms with van der Waals surface area (Å²) in [5, 5.41) is 3.94. The molecule has 0 fully saturated rings. The lowest BCUT2D eigenvalue weighted by Crippen LogP contribution is -2.31. The van der Waals surface area contributed by atoms with Crippen LogP contribution in [0.5, 0.6) is 0 Å². The second-order valence-corrected chi connectivity index (χ2v) is 9.94. The quantitative estimate of drug-likeness (QED) is 0.443. The van der Waals surface area contributed by atoms with Gasteiger partial charge >= 0.3 is 5.69 Å². The number of rotatable bonds is 4. The largest absolute Gasteiger partial charge is 0.360 e. The SMILES string of the molecule is Cc1ccc(-c2noc(C)c2C(=O)NS(=O)(=O)c2cc3c(cc2Br)n(C)c(=O)n3C)cc1. The number of carbonyl (C=O) groups excluding carboxylic acids is 1. The molecule has 0 bridgehead atoms. The van der Waals surface area contributed by atoms with E-state index in [0.29, 0.717) is 16.6 Å². The summed E-state index contributed by atoms with van der Waals surface area (Å²) in [6.45, 7) is 3.46. The van der Waals surface area contributed by atoms with Gasteiger partial charge in [-0.05, 0) is 41.9 Å². The first kappa shape index (κ1) is 22.0. The number of fused-ring (bicyclic) bond motifs is 1. The van der Waals surface area contributed by atoms with Crippen LogP contribution in [-0.4, -0.2) is 28.6 Å². The minimum atomic E-state index is -4.29. The van der Waals surface area contributed by atoms with Crippen LogP contribution in [0.1, 0.15) is 21.7 Å². The number of aryl methyl sites for hydroxylation is 4. The number of nitrogens with zero attached hydrogens (tertiary/aromatic N) is 3. The van der Waals surface area contributed by atoms with Crippen molar-refractivity contribution in [1.29, 1.82) is 0 Å². The average molecular weight is 519 g/mol. The number of amides is 1. The summed E-state index contributed by atoms with van der Waals surface area (Å²) in [7, 11) is -1.16. The highest BCUT2D eigenvalue weighted by Crippen LogP contribution is 2.29. The third kappa shape index (κ3) is 3.56. The number of halogens is 1. The zero-order chi connectivity index (χ0) is 23.4. The van der Waals surface area contributed by atoms with Crippen molar-refractivity contribution in [3.63, 3.8) is 0 Å². The molecule has 2 aromatic carbocycles. The number of carbonyl (C=O) groups is 1. The molecule has 0 saturated heterocycles. The smallest absolute Gasteiger partial charge is 0.328 e. The highest BCUT2D eigenvalue weighted by Gasteiger charge is 2.28. The Hall–Kier alpha value is -3.18. The molecule has 2 heterocycles. The number of imidazole rings is 1. The first-order chi connectivity index (χ1) is 15.0. The Morgan fingerprint density at radius 3 is 2.28 bits per heavy atom. The van der Waals surface area contributed by atoms with Crippen LogP contribution in [0.4, 0.5) is 0 Å². The Bertz CT molecular complexity index is 1550. The van der Waals surface area contributed by atoms with Crippen LogP contribution in [0.25, 0.3) is 22.3 Å². The molecular formula is C21H19BrN4O5S. The Morgan fingerprint density at radius 2 is 1.66 bits per heavy atom. The molecule has 0 spiro atoms. The van der Waals surface area contributed by atoms with E-state index in [2.05, 4.69) is 25.8 Å². The number of sulfonamides is 1. The Balaban J connectivity index is 1.75. The topological polar surface area (TPSA) is 116 Å². The molecule has 1 N–H and O–H groups in total. The van der Waals surface area contributed by atoms with E-state index in [1.807, 2.05) is 19.1 Å². The van der Waals surface area contributed by atoms with Crippen molar-refractivity contribution < 1.29 is 17.7 Å². The zero-order valence-corrected chi connectivity index (χ0v) is 20.0. The van der Waals surface area contributed by atoms with Crippen molar-refractivity contribution in [2.24, 2.45) is 14.1 Å². The highest BCUT2D eigenvalue weighted by atomic mass is 79.9. The lowest BCUT2D eigenvalue weighted by atomic mass is 10.0. The van der Waals surface area contributed by atoms with Crippen LogP contribution >= 0.6 is 15.9 Å². The number of hydrogen-bond acceptors (Lipinski definition) is 6. The summed E-state index contributed by atoms with van der Waals surface area (Å²) in [6.07, 6.45) is 0. The Morgan fingerprint density at radius 1 is 1.06 bits per heavy atom. The molecule has 0 unspecified atom stereocenters. The molecule has 11 heteroatoms. The van der Waals surface area contributed by atoms with Gasteiger partial charge in [-0.1, -0.05) is 35.0 Å². The van der Waals surface area contributed by atoms with E-state index in [9.17, 15) is 18.0 Å². The summed E-state index contributed by atoms with van der Waals surface area (Å²) >= 11 is 3.25. The monoisotopic (exact) mass is 518 g/mol. The number of aromatic nitrogens is 3. The lowest BCUT2D eigenvalue weighted by molar-refractivity contribution is 0.0980. The molecular weight excluding hydrogens is 500 g/mol. The maximum Gasteiger partial charge on any atom is 0.328 e. The number of hydrogen-bond donors (Lipinski definition) is 1. The third-order valence-electron chi connectivity index (χ3n) is 5.26. The molecule has 1 amide bonds. The van der Waals surface area contributed by atoms with Gasteiger partial charge in [0, 0.05) is 24.1 Å². The third-order valence-corrected chi connectivity index (χ3v) is 7.55. The maximum atomic E-state index is 13.1. The molecule has 0 aliphatic rings. The van der Waals surface area contributed by atoms with E-state index in [-0.39, 0.29) is 32.1 Å². The van der Waals surface area contributed by atoms with E-state index >= 15 is 0 Å². The zero-order valence-electron chi connectivity index (χ0n) is 17.6. The molecule has 32 heavy (non-hydrogen) atoms. The molecule has 9 nitrogen and oxygen atoms in total. The molecule has 4 aromatic rings. The summed E-state index contributed by atoms with van der Waals surface area (Å²) in [6, 6.07) is 10.1. The number of benzene rings is 2. The van der Waals surface area contributed by atoms with Crippen molar-refractivity contribution in [3.8, 4) is 11.3 Å². The Labute approximate surface area is 191 Å². The van der Waals surface area contributed by atoms with Crippen molar-refractivity contribution in [2.75, 3.05) is 0 Å². The van der Waals surface area contributed by atoms with Gasteiger partial charge in [-0.2, -0.15) is 0 Å². The summed E-state index contributed by atoms with van der Waals surface area (Å²) in [5.74, 6) is -0.679. The van der Waals surface area contributed by atoms with Gasteiger partial charge in [-0.3, -0.25) is 13.9 Å². The summed E-state index contributed by atoms with van der Waals surface area (Å²) < 4.78 is 36.4. The van der Waals surface area contributed by atoms with Crippen molar-refractivity contribution in [3.05, 3.63) is 68.2 Å². The fourth-order valence-corrected chi connectivity index (χ4v) is 5.49. The van der Waals surface area contributed by atoms with E-state index in [1.165, 1.54) is 28.2 Å². The first-order valence-corrected chi connectivity index (χ1v) is 11.7. The Kier molecular flexibility index (Phi) is 5.33. The highest BCUT2D eigenvalue weighted by molar-refractivity contribution is 9.10. The first-order valence-electron chi connectivity index (χ1n) is 9.46. The molecule has 0 aliphatic heterocycles. The van der Waals surface area contributed by atoms with Crippen LogP contribution in [0, 0.1) is 13.8 Å². The molecule has 0 atom stereocenters. The molecule has 0 radical (unpaired) electrons. The van der Waals surface area contributed by atoms with Crippen LogP contribution in [0.15, 0.2) is 55.1 Å². The van der Waals surface area contributed by atoms with Crippen LogP contribution in [0.3, 0.4) is 0 Å². The maximum absolute atomic E-state index is 13.1. The van der Waals surface area contributed by atoms with Crippen molar-refractivity contribution in [2.45, 2.75) is 18.7 Å². The van der Waals surface area contributed by atoms with Crippen LogP contribution in [-0.2, 0) is 24.1 Å². The molecule has 4 rings (SSSR count). The minimum absolute atomic E-state index is 0.0294. The van der Waals surface area contributed by atoms with Crippen LogP contribution < -0.4 is 10.4 Å². The van der Waals surface area contributed by atoms with Crippen LogP contribution in [0.2, 0.25) is 0 Å². The second kappa shape index (κ2) is 7.75. The van der Waals surface area contributed by atoms with E-state index in [0.717, 1.165) is 5.56 Å². The van der Waals surface area contributed by atoms with Gasteiger partial charge in [-0.15, -0.1) is 0 Å². The fraction of sp³-hybridized carbons (Fsp3) is 0.190. The minimum Gasteiger partial charge on any atom is -0.360 e. The van der Waals surface area contributed by atoms with Gasteiger partial charge < -0.3 is 4.52 Å². The molecule has 166 valence electrons. The fourth-order valence-electron chi connectivity index (χ4n) is 3.48. The van der Waals surface area contributed by atoms with Gasteiger partial charge in [0.1, 0.15) is 21.9 Å². The molecule has 2 aromatic heterocycles. The van der Waals surface area contributed by atoms with E-state index < -0.39 is 15.9 Å². The predicted molar refractivity (Wildman–Crippen MR) is 122 cm³/mol. The molecule has 0 aliphatic carbocycles. The molecule has 0 saturated carbocycles. The normalized spacial score (nSPS) is 11.8. The summed E-state index contributed by atoms with van der Waals surface area (Å²) in [4.78, 5) is 25.0. The van der Waals surface area contributed by atoms with Gasteiger partial charge in [0.2, 0.25) is 0 Å². The second-order valence-electron chi connectivity index (χ2n) is 7.43. The van der Waals surface area contributed by atoms with Gasteiger partial charge in [0.25, 0.3) is 15.9 Å². The average Bonchev–Trinajstić information content (AvgIpc) is 3.21. The van der Waals surface area contributed by atoms with Gasteiger partial charge in [0.15, 0.2) is 0 Å². The lowest BCUT2D eigenvalue weighted by Gasteiger charge is -2.10.